The molecule has 152 valence electrons. The van der Waals surface area contributed by atoms with Gasteiger partial charge in [0.25, 0.3) is 11.9 Å². The molecule has 0 radical (unpaired) electrons. The summed E-state index contributed by atoms with van der Waals surface area (Å²) in [7, 11) is 1.56. The van der Waals surface area contributed by atoms with Gasteiger partial charge in [-0.2, -0.15) is 11.8 Å². The molecule has 29 heavy (non-hydrogen) atoms. The molecular formula is C23H26NO4S+. The van der Waals surface area contributed by atoms with Crippen LogP contribution in [0.15, 0.2) is 72.9 Å². The lowest BCUT2D eigenvalue weighted by atomic mass is 10.2. The molecule has 0 aliphatic heterocycles. The molecule has 1 aromatic heterocycles. The van der Waals surface area contributed by atoms with E-state index >= 15 is 0 Å². The average Bonchev–Trinajstić information content (AvgIpc) is 2.77. The molecule has 0 aliphatic rings. The van der Waals surface area contributed by atoms with Gasteiger partial charge in [-0.3, -0.25) is 4.84 Å². The van der Waals surface area contributed by atoms with Crippen molar-refractivity contribution in [2.75, 3.05) is 19.1 Å². The quantitative estimate of drug-likeness (QED) is 0.516. The summed E-state index contributed by atoms with van der Waals surface area (Å²) in [6.07, 6.45) is 2.97. The van der Waals surface area contributed by atoms with Gasteiger partial charge in [0.05, 0.1) is 6.07 Å². The molecule has 0 saturated carbocycles. The molecule has 1 atom stereocenters. The maximum atomic E-state index is 10.5. The Morgan fingerprint density at radius 1 is 0.897 bits per heavy atom. The minimum Gasteiger partial charge on any atom is -0.485 e. The van der Waals surface area contributed by atoms with Crippen LogP contribution in [-0.2, 0) is 13.2 Å². The third-order valence-electron chi connectivity index (χ3n) is 4.35. The van der Waals surface area contributed by atoms with Crippen LogP contribution in [0.25, 0.3) is 0 Å². The van der Waals surface area contributed by atoms with Gasteiger partial charge in [-0.1, -0.05) is 60.7 Å². The topological polar surface area (TPSA) is 51.8 Å². The van der Waals surface area contributed by atoms with Crippen LogP contribution in [0.2, 0.25) is 0 Å². The van der Waals surface area contributed by atoms with Crippen LogP contribution in [0.4, 0.5) is 0 Å². The highest BCUT2D eigenvalue weighted by molar-refractivity contribution is 7.98. The number of rotatable bonds is 10. The minimum atomic E-state index is -0.688. The summed E-state index contributed by atoms with van der Waals surface area (Å²) >= 11 is 1.56. The van der Waals surface area contributed by atoms with Crippen molar-refractivity contribution in [3.05, 3.63) is 89.7 Å². The number of hydrogen-bond acceptors (Lipinski definition) is 5. The van der Waals surface area contributed by atoms with Gasteiger partial charge in [0.1, 0.15) is 20.3 Å². The van der Waals surface area contributed by atoms with Gasteiger partial charge >= 0.3 is 0 Å². The zero-order valence-corrected chi connectivity index (χ0v) is 17.5. The Morgan fingerprint density at radius 3 is 1.97 bits per heavy atom. The number of nitrogens with zero attached hydrogens (tertiary/aromatic N) is 1. The summed E-state index contributed by atoms with van der Waals surface area (Å²) in [5.74, 6) is 1.66. The first-order chi connectivity index (χ1) is 14.2. The summed E-state index contributed by atoms with van der Waals surface area (Å²) in [4.78, 5) is 5.44. The van der Waals surface area contributed by atoms with Crippen molar-refractivity contribution in [1.82, 2.24) is 0 Å². The highest BCUT2D eigenvalue weighted by Crippen LogP contribution is 2.30. The summed E-state index contributed by atoms with van der Waals surface area (Å²) in [6, 6.07) is 21.7. The van der Waals surface area contributed by atoms with Gasteiger partial charge in [0.2, 0.25) is 5.75 Å². The molecule has 0 amide bonds. The van der Waals surface area contributed by atoms with Gasteiger partial charge in [0, 0.05) is 10.5 Å². The molecule has 6 heteroatoms. The van der Waals surface area contributed by atoms with E-state index in [1.165, 1.54) is 4.73 Å². The van der Waals surface area contributed by atoms with Gasteiger partial charge in [-0.25, -0.2) is 0 Å². The van der Waals surface area contributed by atoms with E-state index in [1.807, 2.05) is 66.9 Å². The molecule has 5 nitrogen and oxygen atoms in total. The molecule has 1 heterocycles. The number of ether oxygens (including phenoxy) is 2. The monoisotopic (exact) mass is 412 g/mol. The number of benzene rings is 2. The zero-order chi connectivity index (χ0) is 20.5. The van der Waals surface area contributed by atoms with Gasteiger partial charge < -0.3 is 14.6 Å². The summed E-state index contributed by atoms with van der Waals surface area (Å²) in [5.41, 5.74) is 2.71. The zero-order valence-electron chi connectivity index (χ0n) is 16.7. The second-order valence-corrected chi connectivity index (χ2v) is 7.37. The lowest BCUT2D eigenvalue weighted by Crippen LogP contribution is -2.45. The van der Waals surface area contributed by atoms with Crippen molar-refractivity contribution < 1.29 is 24.1 Å². The summed E-state index contributed by atoms with van der Waals surface area (Å²) in [6.45, 7) is 0.802. The Hall–Kier alpha value is -2.70. The maximum absolute atomic E-state index is 10.5. The molecule has 1 N–H and O–H groups in total. The normalized spacial score (nSPS) is 11.7. The summed E-state index contributed by atoms with van der Waals surface area (Å²) in [5, 5.41) is 10.5. The largest absolute Gasteiger partial charge is 0.485 e. The standard InChI is InChI=1S/C23H26NO4S/c1-26-24-14-23(28-16-19-11-7-4-8-12-19)22(13-20(24)21(25)17-29-2)27-15-18-9-5-3-6-10-18/h3-14,21,25H,15-17H2,1-2H3/q+1. The van der Waals surface area contributed by atoms with Crippen LogP contribution < -0.4 is 19.0 Å². The number of aliphatic hydroxyl groups excluding tert-OH is 1. The van der Waals surface area contributed by atoms with Crippen LogP contribution in [0.3, 0.4) is 0 Å². The fourth-order valence-corrected chi connectivity index (χ4v) is 3.34. The lowest BCUT2D eigenvalue weighted by Gasteiger charge is -2.14. The molecular weight excluding hydrogens is 386 g/mol. The third kappa shape index (κ3) is 5.89. The SMILES string of the molecule is CO[n+]1cc(OCc2ccccc2)c(OCc2ccccc2)cc1C(O)CSC. The van der Waals surface area contributed by atoms with Gasteiger partial charge in [-0.15, -0.1) is 0 Å². The third-order valence-corrected chi connectivity index (χ3v) is 5.00. The van der Waals surface area contributed by atoms with Crippen molar-refractivity contribution in [3.63, 3.8) is 0 Å². The van der Waals surface area contributed by atoms with E-state index in [1.54, 1.807) is 31.1 Å². The Balaban J connectivity index is 1.88. The van der Waals surface area contributed by atoms with E-state index in [0.717, 1.165) is 11.1 Å². The number of aliphatic hydroxyl groups is 1. The molecule has 0 fully saturated rings. The second-order valence-electron chi connectivity index (χ2n) is 6.45. The van der Waals surface area contributed by atoms with E-state index in [2.05, 4.69) is 0 Å². The van der Waals surface area contributed by atoms with E-state index in [9.17, 15) is 5.11 Å². The van der Waals surface area contributed by atoms with Crippen molar-refractivity contribution in [3.8, 4) is 11.5 Å². The Labute approximate surface area is 175 Å². The predicted octanol–water partition coefficient (Wildman–Crippen LogP) is 3.59. The minimum absolute atomic E-state index is 0.400. The first-order valence-corrected chi connectivity index (χ1v) is 10.7. The molecule has 2 aromatic carbocycles. The number of hydrogen-bond donors (Lipinski definition) is 1. The lowest BCUT2D eigenvalue weighted by molar-refractivity contribution is -0.892. The number of pyridine rings is 1. The Morgan fingerprint density at radius 2 is 1.45 bits per heavy atom. The molecule has 1 unspecified atom stereocenters. The number of thioether (sulfide) groups is 1. The molecule has 0 spiro atoms. The van der Waals surface area contributed by atoms with E-state index in [-0.39, 0.29) is 0 Å². The first-order valence-electron chi connectivity index (χ1n) is 9.35. The van der Waals surface area contributed by atoms with Crippen LogP contribution in [0.5, 0.6) is 11.5 Å². The highest BCUT2D eigenvalue weighted by Gasteiger charge is 2.26. The maximum Gasteiger partial charge on any atom is 0.268 e. The van der Waals surface area contributed by atoms with E-state index in [0.29, 0.717) is 36.2 Å². The number of aromatic nitrogens is 1. The van der Waals surface area contributed by atoms with Crippen LogP contribution in [-0.4, -0.2) is 24.2 Å². The molecule has 3 aromatic rings. The fourth-order valence-electron chi connectivity index (χ4n) is 2.85. The van der Waals surface area contributed by atoms with Crippen LogP contribution in [0, 0.1) is 0 Å². The van der Waals surface area contributed by atoms with Crippen molar-refractivity contribution >= 4 is 11.8 Å². The fraction of sp³-hybridized carbons (Fsp3) is 0.261. The van der Waals surface area contributed by atoms with Crippen molar-refractivity contribution in [2.24, 2.45) is 0 Å². The molecule has 0 saturated heterocycles. The first kappa shape index (κ1) is 21.0. The molecule has 3 rings (SSSR count). The summed E-state index contributed by atoms with van der Waals surface area (Å²) < 4.78 is 13.6. The van der Waals surface area contributed by atoms with Crippen LogP contribution in [0.1, 0.15) is 22.9 Å². The van der Waals surface area contributed by atoms with Gasteiger partial charge in [-0.05, 0) is 17.4 Å². The highest BCUT2D eigenvalue weighted by atomic mass is 32.2. The Kier molecular flexibility index (Phi) is 7.78. The average molecular weight is 413 g/mol. The van der Waals surface area contributed by atoms with E-state index in [4.69, 9.17) is 14.3 Å². The smallest absolute Gasteiger partial charge is 0.268 e. The Bertz CT molecular complexity index is 890. The van der Waals surface area contributed by atoms with Crippen LogP contribution >= 0.6 is 11.8 Å². The molecule has 0 bridgehead atoms. The van der Waals surface area contributed by atoms with Crippen molar-refractivity contribution in [2.45, 2.75) is 19.3 Å². The predicted molar refractivity (Wildman–Crippen MR) is 114 cm³/mol. The van der Waals surface area contributed by atoms with Gasteiger partial charge in [0.15, 0.2) is 11.9 Å². The van der Waals surface area contributed by atoms with E-state index < -0.39 is 6.10 Å². The molecule has 0 aliphatic carbocycles. The second kappa shape index (κ2) is 10.7. The van der Waals surface area contributed by atoms with Crippen molar-refractivity contribution in [1.29, 1.82) is 0 Å².